The maximum absolute atomic E-state index is 6.20. The molecule has 86 valence electrons. The minimum atomic E-state index is 0.377. The summed E-state index contributed by atoms with van der Waals surface area (Å²) in [6.45, 7) is 6.23. The molecular weight excluding hydrogens is 182 g/mol. The second kappa shape index (κ2) is 4.69. The van der Waals surface area contributed by atoms with Crippen molar-refractivity contribution in [2.24, 2.45) is 23.5 Å². The van der Waals surface area contributed by atoms with Gasteiger partial charge in [0.2, 0.25) is 0 Å². The van der Waals surface area contributed by atoms with E-state index in [4.69, 9.17) is 5.73 Å². The Morgan fingerprint density at radius 2 is 2.20 bits per heavy atom. The summed E-state index contributed by atoms with van der Waals surface area (Å²) in [5, 5.41) is 0. The topological polar surface area (TPSA) is 26.0 Å². The van der Waals surface area contributed by atoms with Crippen LogP contribution in [0.3, 0.4) is 0 Å². The van der Waals surface area contributed by atoms with Crippen molar-refractivity contribution in [2.45, 2.75) is 57.9 Å². The lowest BCUT2D eigenvalue weighted by Crippen LogP contribution is -2.26. The van der Waals surface area contributed by atoms with E-state index in [1.807, 2.05) is 0 Å². The van der Waals surface area contributed by atoms with Crippen LogP contribution < -0.4 is 5.73 Å². The molecule has 0 aromatic heterocycles. The van der Waals surface area contributed by atoms with Gasteiger partial charge in [-0.3, -0.25) is 0 Å². The molecule has 0 heterocycles. The van der Waals surface area contributed by atoms with Gasteiger partial charge in [-0.05, 0) is 56.3 Å². The smallest absolute Gasteiger partial charge is 0.00787 e. The van der Waals surface area contributed by atoms with Crippen LogP contribution in [0.5, 0.6) is 0 Å². The molecule has 1 nitrogen and oxygen atoms in total. The van der Waals surface area contributed by atoms with Gasteiger partial charge in [0.1, 0.15) is 0 Å². The fourth-order valence-electron chi connectivity index (χ4n) is 3.65. The van der Waals surface area contributed by atoms with E-state index in [0.29, 0.717) is 6.04 Å². The molecule has 0 amide bonds. The molecule has 2 aliphatic rings. The van der Waals surface area contributed by atoms with E-state index in [0.717, 1.165) is 30.6 Å². The van der Waals surface area contributed by atoms with Crippen LogP contribution in [0, 0.1) is 17.8 Å². The third kappa shape index (κ3) is 2.63. The van der Waals surface area contributed by atoms with Gasteiger partial charge in [0, 0.05) is 6.04 Å². The van der Waals surface area contributed by atoms with Crippen LogP contribution in [0.2, 0.25) is 0 Å². The average molecular weight is 207 g/mol. The third-order valence-corrected chi connectivity index (χ3v) is 4.54. The third-order valence-electron chi connectivity index (χ3n) is 4.54. The summed E-state index contributed by atoms with van der Waals surface area (Å²) in [4.78, 5) is 0. The van der Waals surface area contributed by atoms with Crippen LogP contribution in [0.1, 0.15) is 51.9 Å². The normalized spacial score (nSPS) is 35.7. The van der Waals surface area contributed by atoms with E-state index in [-0.39, 0.29) is 0 Å². The maximum atomic E-state index is 6.20. The van der Waals surface area contributed by atoms with Gasteiger partial charge in [-0.25, -0.2) is 0 Å². The van der Waals surface area contributed by atoms with Crippen molar-refractivity contribution >= 4 is 0 Å². The first-order chi connectivity index (χ1) is 7.19. The lowest BCUT2D eigenvalue weighted by atomic mass is 9.83. The predicted molar refractivity (Wildman–Crippen MR) is 65.6 cm³/mol. The minimum absolute atomic E-state index is 0.377. The monoisotopic (exact) mass is 207 g/mol. The second-order valence-electron chi connectivity index (χ2n) is 5.74. The molecule has 0 aliphatic heterocycles. The largest absolute Gasteiger partial charge is 0.327 e. The van der Waals surface area contributed by atoms with Gasteiger partial charge >= 0.3 is 0 Å². The molecule has 0 aromatic carbocycles. The fraction of sp³-hybridized carbons (Fsp3) is 0.857. The van der Waals surface area contributed by atoms with E-state index in [1.54, 1.807) is 0 Å². The molecule has 4 atom stereocenters. The van der Waals surface area contributed by atoms with E-state index >= 15 is 0 Å². The quantitative estimate of drug-likeness (QED) is 0.686. The van der Waals surface area contributed by atoms with Gasteiger partial charge in [-0.2, -0.15) is 0 Å². The van der Waals surface area contributed by atoms with Gasteiger partial charge in [-0.15, -0.1) is 0 Å². The Bertz CT molecular complexity index is 233. The van der Waals surface area contributed by atoms with Gasteiger partial charge < -0.3 is 5.73 Å². The molecule has 2 rings (SSSR count). The van der Waals surface area contributed by atoms with Crippen molar-refractivity contribution in [2.75, 3.05) is 0 Å². The van der Waals surface area contributed by atoms with Gasteiger partial charge in [-0.1, -0.05) is 25.5 Å². The Balaban J connectivity index is 1.75. The molecule has 2 aliphatic carbocycles. The summed E-state index contributed by atoms with van der Waals surface area (Å²) in [5.41, 5.74) is 7.53. The van der Waals surface area contributed by atoms with Crippen LogP contribution >= 0.6 is 0 Å². The predicted octanol–water partition coefficient (Wildman–Crippen LogP) is 3.50. The summed E-state index contributed by atoms with van der Waals surface area (Å²) in [6.07, 6.45) is 9.34. The molecular formula is C14H25N. The highest BCUT2D eigenvalue weighted by molar-refractivity contribution is 4.98. The molecule has 0 spiro atoms. The zero-order valence-corrected chi connectivity index (χ0v) is 10.0. The van der Waals surface area contributed by atoms with E-state index < -0.39 is 0 Å². The molecule has 4 unspecified atom stereocenters. The lowest BCUT2D eigenvalue weighted by molar-refractivity contribution is 0.293. The standard InChI is InChI=1S/C14H25N/c1-3-10(2)6-14(15)9-13-8-11-4-5-12(13)7-11/h11-14H,2-9,15H2,1H3. The zero-order valence-electron chi connectivity index (χ0n) is 10.0. The Morgan fingerprint density at radius 1 is 1.40 bits per heavy atom. The van der Waals surface area contributed by atoms with E-state index in [1.165, 1.54) is 37.7 Å². The Morgan fingerprint density at radius 3 is 2.73 bits per heavy atom. The Hall–Kier alpha value is -0.300. The van der Waals surface area contributed by atoms with Crippen LogP contribution in [0.15, 0.2) is 12.2 Å². The summed E-state index contributed by atoms with van der Waals surface area (Å²) >= 11 is 0. The summed E-state index contributed by atoms with van der Waals surface area (Å²) < 4.78 is 0. The van der Waals surface area contributed by atoms with Crippen molar-refractivity contribution in [1.29, 1.82) is 0 Å². The molecule has 15 heavy (non-hydrogen) atoms. The molecule has 2 fully saturated rings. The highest BCUT2D eigenvalue weighted by atomic mass is 14.6. The SMILES string of the molecule is C=C(CC)CC(N)CC1CC2CCC1C2. The number of hydrogen-bond acceptors (Lipinski definition) is 1. The van der Waals surface area contributed by atoms with Crippen molar-refractivity contribution < 1.29 is 0 Å². The zero-order chi connectivity index (χ0) is 10.8. The summed E-state index contributed by atoms with van der Waals surface area (Å²) in [5.74, 6) is 3.03. The van der Waals surface area contributed by atoms with E-state index in [2.05, 4.69) is 13.5 Å². The molecule has 0 aromatic rings. The molecule has 0 saturated heterocycles. The Labute approximate surface area is 94.1 Å². The summed E-state index contributed by atoms with van der Waals surface area (Å²) in [7, 11) is 0. The highest BCUT2D eigenvalue weighted by Gasteiger charge is 2.39. The first-order valence-corrected chi connectivity index (χ1v) is 6.61. The van der Waals surface area contributed by atoms with Crippen LogP contribution in [0.25, 0.3) is 0 Å². The van der Waals surface area contributed by atoms with E-state index in [9.17, 15) is 0 Å². The molecule has 2 bridgehead atoms. The first kappa shape index (κ1) is 11.2. The van der Waals surface area contributed by atoms with Gasteiger partial charge in [0.15, 0.2) is 0 Å². The first-order valence-electron chi connectivity index (χ1n) is 6.61. The maximum Gasteiger partial charge on any atom is 0.00787 e. The molecule has 1 heteroatoms. The van der Waals surface area contributed by atoms with Crippen LogP contribution in [-0.4, -0.2) is 6.04 Å². The minimum Gasteiger partial charge on any atom is -0.327 e. The average Bonchev–Trinajstić information content (AvgIpc) is 2.78. The molecule has 0 radical (unpaired) electrons. The second-order valence-corrected chi connectivity index (χ2v) is 5.74. The number of hydrogen-bond donors (Lipinski definition) is 1. The number of nitrogens with two attached hydrogens (primary N) is 1. The van der Waals surface area contributed by atoms with Crippen molar-refractivity contribution in [3.63, 3.8) is 0 Å². The fourth-order valence-corrected chi connectivity index (χ4v) is 3.65. The molecule has 2 saturated carbocycles. The van der Waals surface area contributed by atoms with Gasteiger partial charge in [0.25, 0.3) is 0 Å². The van der Waals surface area contributed by atoms with Crippen molar-refractivity contribution in [3.8, 4) is 0 Å². The van der Waals surface area contributed by atoms with Gasteiger partial charge in [0.05, 0.1) is 0 Å². The van der Waals surface area contributed by atoms with Crippen LogP contribution in [-0.2, 0) is 0 Å². The molecule has 2 N–H and O–H groups in total. The highest BCUT2D eigenvalue weighted by Crippen LogP contribution is 2.49. The van der Waals surface area contributed by atoms with Crippen molar-refractivity contribution in [1.82, 2.24) is 0 Å². The lowest BCUT2D eigenvalue weighted by Gasteiger charge is -2.25. The number of rotatable bonds is 5. The Kier molecular flexibility index (Phi) is 3.50. The number of fused-ring (bicyclic) bond motifs is 2. The van der Waals surface area contributed by atoms with Crippen molar-refractivity contribution in [3.05, 3.63) is 12.2 Å². The summed E-state index contributed by atoms with van der Waals surface area (Å²) in [6, 6.07) is 0.377. The van der Waals surface area contributed by atoms with Crippen LogP contribution in [0.4, 0.5) is 0 Å².